The van der Waals surface area contributed by atoms with Crippen LogP contribution in [-0.4, -0.2) is 47.5 Å². The Morgan fingerprint density at radius 2 is 2.27 bits per heavy atom. The Hall–Kier alpha value is -1.97. The molecule has 0 saturated carbocycles. The van der Waals surface area contributed by atoms with E-state index in [-0.39, 0.29) is 12.5 Å². The van der Waals surface area contributed by atoms with Crippen molar-refractivity contribution in [3.05, 3.63) is 27.8 Å². The minimum absolute atomic E-state index is 0.0618. The summed E-state index contributed by atoms with van der Waals surface area (Å²) >= 11 is 6.18. The molecule has 0 aromatic heterocycles. The number of hydrogen-bond acceptors (Lipinski definition) is 4. The number of rotatable bonds is 5. The lowest BCUT2D eigenvalue weighted by Gasteiger charge is -2.38. The molecule has 0 radical (unpaired) electrons. The van der Waals surface area contributed by atoms with E-state index in [0.29, 0.717) is 48.0 Å². The molecule has 1 saturated heterocycles. The Morgan fingerprint density at radius 1 is 1.59 bits per heavy atom. The highest BCUT2D eigenvalue weighted by molar-refractivity contribution is 6.32. The highest BCUT2D eigenvalue weighted by Crippen LogP contribution is 2.41. The van der Waals surface area contributed by atoms with Crippen LogP contribution in [0, 0.1) is 11.3 Å². The highest BCUT2D eigenvalue weighted by atomic mass is 35.5. The third-order valence-corrected chi connectivity index (χ3v) is 3.99. The van der Waals surface area contributed by atoms with Crippen LogP contribution in [0.3, 0.4) is 0 Å². The predicted octanol–water partition coefficient (Wildman–Crippen LogP) is 2.22. The Labute approximate surface area is 133 Å². The number of carboxylic acid groups (broad SMARTS) is 1. The second kappa shape index (κ2) is 6.86. The first-order valence-corrected chi connectivity index (χ1v) is 7.38. The van der Waals surface area contributed by atoms with Gasteiger partial charge in [-0.05, 0) is 25.0 Å². The van der Waals surface area contributed by atoms with E-state index in [2.05, 4.69) is 6.07 Å². The zero-order chi connectivity index (χ0) is 16.3. The molecule has 1 heterocycles. The van der Waals surface area contributed by atoms with Crippen LogP contribution in [-0.2, 0) is 6.42 Å². The van der Waals surface area contributed by atoms with Crippen LogP contribution >= 0.6 is 11.6 Å². The fourth-order valence-electron chi connectivity index (χ4n) is 2.65. The molecule has 1 amide bonds. The van der Waals surface area contributed by atoms with Crippen molar-refractivity contribution in [2.45, 2.75) is 19.3 Å². The maximum absolute atomic E-state index is 10.9. The Kier molecular flexibility index (Phi) is 5.11. The van der Waals surface area contributed by atoms with Gasteiger partial charge in [-0.25, -0.2) is 4.79 Å². The summed E-state index contributed by atoms with van der Waals surface area (Å²) in [7, 11) is 0. The molecule has 0 bridgehead atoms. The molecule has 118 valence electrons. The van der Waals surface area contributed by atoms with E-state index >= 15 is 0 Å². The molecule has 0 unspecified atom stereocenters. The minimum atomic E-state index is -0.981. The SMILES string of the molecule is CCOc1c(CCO)cc(Cl)c(C#N)c1C1CN(C(=O)O)C1. The molecule has 2 N–H and O–H groups in total. The zero-order valence-electron chi connectivity index (χ0n) is 12.2. The molecule has 1 fully saturated rings. The quantitative estimate of drug-likeness (QED) is 0.866. The van der Waals surface area contributed by atoms with Crippen LogP contribution in [0.1, 0.15) is 29.5 Å². The van der Waals surface area contributed by atoms with Crippen molar-refractivity contribution in [2.75, 3.05) is 26.3 Å². The van der Waals surface area contributed by atoms with Gasteiger partial charge < -0.3 is 19.8 Å². The molecule has 0 atom stereocenters. The zero-order valence-corrected chi connectivity index (χ0v) is 12.9. The molecule has 1 aliphatic rings. The fraction of sp³-hybridized carbons (Fsp3) is 0.467. The average Bonchev–Trinajstić information content (AvgIpc) is 2.41. The van der Waals surface area contributed by atoms with E-state index in [0.717, 1.165) is 5.56 Å². The number of nitriles is 1. The second-order valence-electron chi connectivity index (χ2n) is 5.04. The molecule has 0 spiro atoms. The van der Waals surface area contributed by atoms with Crippen LogP contribution < -0.4 is 4.74 Å². The Bertz CT molecular complexity index is 621. The molecule has 1 aromatic carbocycles. The van der Waals surface area contributed by atoms with E-state index < -0.39 is 6.09 Å². The fourth-order valence-corrected chi connectivity index (χ4v) is 2.92. The van der Waals surface area contributed by atoms with E-state index in [9.17, 15) is 15.2 Å². The largest absolute Gasteiger partial charge is 0.493 e. The summed E-state index contributed by atoms with van der Waals surface area (Å²) in [6.45, 7) is 2.80. The second-order valence-corrected chi connectivity index (χ2v) is 5.45. The van der Waals surface area contributed by atoms with Crippen molar-refractivity contribution in [1.29, 1.82) is 5.26 Å². The summed E-state index contributed by atoms with van der Waals surface area (Å²) in [4.78, 5) is 12.2. The maximum Gasteiger partial charge on any atom is 0.407 e. The van der Waals surface area contributed by atoms with E-state index in [1.165, 1.54) is 4.90 Å². The van der Waals surface area contributed by atoms with Gasteiger partial charge >= 0.3 is 6.09 Å². The molecule has 22 heavy (non-hydrogen) atoms. The summed E-state index contributed by atoms with van der Waals surface area (Å²) in [5.74, 6) is 0.427. The van der Waals surface area contributed by atoms with Crippen LogP contribution in [0.15, 0.2) is 6.07 Å². The first-order valence-electron chi connectivity index (χ1n) is 7.00. The minimum Gasteiger partial charge on any atom is -0.493 e. The van der Waals surface area contributed by atoms with Crippen molar-refractivity contribution < 1.29 is 19.7 Å². The Balaban J connectivity index is 2.48. The lowest BCUT2D eigenvalue weighted by atomic mass is 9.86. The number of ether oxygens (including phenoxy) is 1. The number of nitrogens with zero attached hydrogens (tertiary/aromatic N) is 2. The molecule has 6 nitrogen and oxygen atoms in total. The number of aliphatic hydroxyl groups excluding tert-OH is 1. The third kappa shape index (κ3) is 2.96. The lowest BCUT2D eigenvalue weighted by molar-refractivity contribution is 0.104. The molecular weight excluding hydrogens is 308 g/mol. The summed E-state index contributed by atoms with van der Waals surface area (Å²) in [5, 5.41) is 27.8. The van der Waals surface area contributed by atoms with Crippen molar-refractivity contribution in [3.8, 4) is 11.8 Å². The van der Waals surface area contributed by atoms with Crippen LogP contribution in [0.5, 0.6) is 5.75 Å². The molecule has 1 aromatic rings. The van der Waals surface area contributed by atoms with Gasteiger partial charge in [0.25, 0.3) is 0 Å². The smallest absolute Gasteiger partial charge is 0.407 e. The van der Waals surface area contributed by atoms with Gasteiger partial charge in [0.1, 0.15) is 11.8 Å². The van der Waals surface area contributed by atoms with Crippen molar-refractivity contribution in [2.24, 2.45) is 0 Å². The predicted molar refractivity (Wildman–Crippen MR) is 80.5 cm³/mol. The van der Waals surface area contributed by atoms with Gasteiger partial charge in [-0.15, -0.1) is 0 Å². The summed E-state index contributed by atoms with van der Waals surface area (Å²) < 4.78 is 5.68. The van der Waals surface area contributed by atoms with E-state index in [1.807, 2.05) is 6.92 Å². The number of benzene rings is 1. The summed E-state index contributed by atoms with van der Waals surface area (Å²) in [5.41, 5.74) is 1.71. The normalized spacial score (nSPS) is 14.4. The number of likely N-dealkylation sites (tertiary alicyclic amines) is 1. The molecule has 0 aliphatic carbocycles. The first-order chi connectivity index (χ1) is 10.5. The van der Waals surface area contributed by atoms with Crippen molar-refractivity contribution >= 4 is 17.7 Å². The van der Waals surface area contributed by atoms with Gasteiger partial charge in [0.05, 0.1) is 17.2 Å². The van der Waals surface area contributed by atoms with E-state index in [1.54, 1.807) is 6.07 Å². The first kappa shape index (κ1) is 16.4. The number of aliphatic hydroxyl groups is 1. The number of halogens is 1. The Morgan fingerprint density at radius 3 is 2.77 bits per heavy atom. The molecule has 1 aliphatic heterocycles. The number of carbonyl (C=O) groups is 1. The standard InChI is InChI=1S/C15H17ClN2O4/c1-2-22-14-9(3-4-19)5-12(16)11(6-17)13(14)10-7-18(8-10)15(20)21/h5,10,19H,2-4,7-8H2,1H3,(H,20,21). The van der Waals surface area contributed by atoms with Crippen LogP contribution in [0.2, 0.25) is 5.02 Å². The van der Waals surface area contributed by atoms with Crippen LogP contribution in [0.25, 0.3) is 0 Å². The molecule has 2 rings (SSSR count). The van der Waals surface area contributed by atoms with Crippen molar-refractivity contribution in [1.82, 2.24) is 4.90 Å². The van der Waals surface area contributed by atoms with E-state index in [4.69, 9.17) is 21.4 Å². The number of amides is 1. The van der Waals surface area contributed by atoms with Gasteiger partial charge in [-0.2, -0.15) is 5.26 Å². The van der Waals surface area contributed by atoms with Crippen LogP contribution in [0.4, 0.5) is 4.79 Å². The monoisotopic (exact) mass is 324 g/mol. The number of hydrogen-bond donors (Lipinski definition) is 2. The van der Waals surface area contributed by atoms with Gasteiger partial charge in [-0.1, -0.05) is 11.6 Å². The topological polar surface area (TPSA) is 93.8 Å². The van der Waals surface area contributed by atoms with Gasteiger partial charge in [-0.3, -0.25) is 0 Å². The lowest BCUT2D eigenvalue weighted by Crippen LogP contribution is -2.48. The molecular formula is C15H17ClN2O4. The van der Waals surface area contributed by atoms with Crippen molar-refractivity contribution in [3.63, 3.8) is 0 Å². The molecule has 7 heteroatoms. The third-order valence-electron chi connectivity index (χ3n) is 3.69. The van der Waals surface area contributed by atoms with Gasteiger partial charge in [0.15, 0.2) is 0 Å². The van der Waals surface area contributed by atoms with Gasteiger partial charge in [0.2, 0.25) is 0 Å². The maximum atomic E-state index is 10.9. The summed E-state index contributed by atoms with van der Waals surface area (Å²) in [6, 6.07) is 3.72. The summed E-state index contributed by atoms with van der Waals surface area (Å²) in [6.07, 6.45) is -0.617. The van der Waals surface area contributed by atoms with Gasteiger partial charge in [0, 0.05) is 31.2 Å². The highest BCUT2D eigenvalue weighted by Gasteiger charge is 2.36. The average molecular weight is 325 g/mol.